The molecular weight excluding hydrogens is 296 g/mol. The second-order valence-corrected chi connectivity index (χ2v) is 4.59. The monoisotopic (exact) mass is 314 g/mol. The van der Waals surface area contributed by atoms with Gasteiger partial charge in [-0.15, -0.1) is 0 Å². The zero-order valence-electron chi connectivity index (χ0n) is 12.9. The van der Waals surface area contributed by atoms with Gasteiger partial charge in [0, 0.05) is 5.56 Å². The highest BCUT2D eigenvalue weighted by atomic mass is 16.5. The summed E-state index contributed by atoms with van der Waals surface area (Å²) in [4.78, 5) is 11.9. The normalized spacial score (nSPS) is 10.5. The van der Waals surface area contributed by atoms with E-state index < -0.39 is 0 Å². The smallest absolute Gasteiger partial charge is 0.271 e. The lowest BCUT2D eigenvalue weighted by atomic mass is 10.2. The van der Waals surface area contributed by atoms with E-state index in [-0.39, 0.29) is 11.7 Å². The van der Waals surface area contributed by atoms with Crippen molar-refractivity contribution in [2.24, 2.45) is 5.10 Å². The van der Waals surface area contributed by atoms with E-state index in [1.54, 1.807) is 25.3 Å². The number of nitrogens with one attached hydrogen (secondary N) is 1. The standard InChI is InChI=1S/C17H18N2O4/c1-3-23-16-10-12(4-9-15(16)22-2)11-18-19-17(21)13-5-7-14(20)8-6-13/h4-11,20H,3H2,1-2H3,(H,19,21)/b18-11+. The number of benzene rings is 2. The summed E-state index contributed by atoms with van der Waals surface area (Å²) in [6.45, 7) is 2.41. The van der Waals surface area contributed by atoms with Gasteiger partial charge >= 0.3 is 0 Å². The molecule has 2 aromatic carbocycles. The fourth-order valence-electron chi connectivity index (χ4n) is 1.88. The SMILES string of the molecule is CCOc1cc(/C=N/NC(=O)c2ccc(O)cc2)ccc1OC. The highest BCUT2D eigenvalue weighted by Crippen LogP contribution is 2.27. The van der Waals surface area contributed by atoms with Crippen molar-refractivity contribution in [3.8, 4) is 17.2 Å². The minimum atomic E-state index is -0.361. The first-order valence-corrected chi connectivity index (χ1v) is 7.07. The molecule has 0 saturated carbocycles. The summed E-state index contributed by atoms with van der Waals surface area (Å²) in [5.74, 6) is 0.993. The first-order valence-electron chi connectivity index (χ1n) is 7.07. The summed E-state index contributed by atoms with van der Waals surface area (Å²) >= 11 is 0. The molecule has 0 aliphatic carbocycles. The maximum absolute atomic E-state index is 11.9. The molecule has 1 amide bonds. The number of hydrazone groups is 1. The molecule has 0 radical (unpaired) electrons. The van der Waals surface area contributed by atoms with E-state index in [0.29, 0.717) is 23.7 Å². The Hall–Kier alpha value is -3.02. The Kier molecular flexibility index (Phi) is 5.57. The van der Waals surface area contributed by atoms with Crippen LogP contribution in [-0.2, 0) is 0 Å². The molecule has 0 aliphatic heterocycles. The third-order valence-electron chi connectivity index (χ3n) is 3.00. The predicted octanol–water partition coefficient (Wildman–Crippen LogP) is 2.56. The second kappa shape index (κ2) is 7.84. The van der Waals surface area contributed by atoms with Crippen molar-refractivity contribution in [1.82, 2.24) is 5.43 Å². The van der Waals surface area contributed by atoms with E-state index in [0.717, 1.165) is 5.56 Å². The molecule has 0 atom stereocenters. The van der Waals surface area contributed by atoms with E-state index in [1.165, 1.54) is 30.5 Å². The van der Waals surface area contributed by atoms with Crippen LogP contribution >= 0.6 is 0 Å². The molecule has 6 nitrogen and oxygen atoms in total. The van der Waals surface area contributed by atoms with Crippen molar-refractivity contribution < 1.29 is 19.4 Å². The van der Waals surface area contributed by atoms with Crippen LogP contribution in [0, 0.1) is 0 Å². The first kappa shape index (κ1) is 16.4. The number of methoxy groups -OCH3 is 1. The summed E-state index contributed by atoms with van der Waals surface area (Å²) in [6, 6.07) is 11.3. The zero-order valence-corrected chi connectivity index (χ0v) is 12.9. The molecule has 0 aliphatic rings. The number of aromatic hydroxyl groups is 1. The Labute approximate surface area is 134 Å². The summed E-state index contributed by atoms with van der Waals surface area (Å²) in [6.07, 6.45) is 1.51. The van der Waals surface area contributed by atoms with Crippen molar-refractivity contribution in [2.75, 3.05) is 13.7 Å². The molecule has 0 bridgehead atoms. The number of carbonyl (C=O) groups excluding carboxylic acids is 1. The average molecular weight is 314 g/mol. The van der Waals surface area contributed by atoms with E-state index in [4.69, 9.17) is 9.47 Å². The number of ether oxygens (including phenoxy) is 2. The quantitative estimate of drug-likeness (QED) is 0.634. The average Bonchev–Trinajstić information content (AvgIpc) is 2.56. The Morgan fingerprint density at radius 3 is 2.61 bits per heavy atom. The fourth-order valence-corrected chi connectivity index (χ4v) is 1.88. The topological polar surface area (TPSA) is 80.2 Å². The predicted molar refractivity (Wildman–Crippen MR) is 87.3 cm³/mol. The lowest BCUT2D eigenvalue weighted by Gasteiger charge is -2.09. The number of hydrogen-bond acceptors (Lipinski definition) is 5. The number of carbonyl (C=O) groups is 1. The molecule has 0 fully saturated rings. The van der Waals surface area contributed by atoms with Crippen LogP contribution in [0.15, 0.2) is 47.6 Å². The Morgan fingerprint density at radius 2 is 1.96 bits per heavy atom. The maximum Gasteiger partial charge on any atom is 0.271 e. The van der Waals surface area contributed by atoms with Crippen LogP contribution in [0.3, 0.4) is 0 Å². The molecule has 2 rings (SSSR count). The molecule has 2 aromatic rings. The van der Waals surface area contributed by atoms with E-state index in [2.05, 4.69) is 10.5 Å². The molecule has 120 valence electrons. The molecule has 0 spiro atoms. The summed E-state index contributed by atoms with van der Waals surface area (Å²) in [5, 5.41) is 13.1. The minimum Gasteiger partial charge on any atom is -0.508 e. The maximum atomic E-state index is 11.9. The van der Waals surface area contributed by atoms with Gasteiger partial charge in [0.05, 0.1) is 19.9 Å². The number of hydrogen-bond donors (Lipinski definition) is 2. The molecule has 0 unspecified atom stereocenters. The van der Waals surface area contributed by atoms with Gasteiger partial charge in [0.2, 0.25) is 0 Å². The van der Waals surface area contributed by atoms with Gasteiger partial charge in [0.15, 0.2) is 11.5 Å². The van der Waals surface area contributed by atoms with E-state index >= 15 is 0 Å². The highest BCUT2D eigenvalue weighted by molar-refractivity contribution is 5.95. The lowest BCUT2D eigenvalue weighted by Crippen LogP contribution is -2.17. The Morgan fingerprint density at radius 1 is 1.22 bits per heavy atom. The van der Waals surface area contributed by atoms with Crippen LogP contribution in [0.5, 0.6) is 17.2 Å². The number of nitrogens with zero attached hydrogens (tertiary/aromatic N) is 1. The van der Waals surface area contributed by atoms with E-state index in [1.807, 2.05) is 6.92 Å². The number of phenolic OH excluding ortho intramolecular Hbond substituents is 1. The second-order valence-electron chi connectivity index (χ2n) is 4.59. The summed E-state index contributed by atoms with van der Waals surface area (Å²) in [7, 11) is 1.57. The number of amides is 1. The molecular formula is C17H18N2O4. The van der Waals surface area contributed by atoms with Crippen LogP contribution in [-0.4, -0.2) is 30.9 Å². The number of rotatable bonds is 6. The van der Waals surface area contributed by atoms with Gasteiger partial charge in [-0.1, -0.05) is 0 Å². The molecule has 0 aromatic heterocycles. The van der Waals surface area contributed by atoms with Crippen molar-refractivity contribution in [1.29, 1.82) is 0 Å². The van der Waals surface area contributed by atoms with Gasteiger partial charge in [0.1, 0.15) is 5.75 Å². The van der Waals surface area contributed by atoms with Crippen molar-refractivity contribution in [3.05, 3.63) is 53.6 Å². The molecule has 2 N–H and O–H groups in total. The van der Waals surface area contributed by atoms with Gasteiger partial charge in [-0.2, -0.15) is 5.10 Å². The van der Waals surface area contributed by atoms with Crippen molar-refractivity contribution in [3.63, 3.8) is 0 Å². The van der Waals surface area contributed by atoms with Gasteiger partial charge < -0.3 is 14.6 Å². The van der Waals surface area contributed by atoms with Crippen molar-refractivity contribution in [2.45, 2.75) is 6.92 Å². The van der Waals surface area contributed by atoms with Crippen LogP contribution in [0.4, 0.5) is 0 Å². The van der Waals surface area contributed by atoms with Gasteiger partial charge in [-0.05, 0) is 55.0 Å². The Balaban J connectivity index is 2.03. The number of phenols is 1. The molecule has 0 heterocycles. The fraction of sp³-hybridized carbons (Fsp3) is 0.176. The summed E-state index contributed by atoms with van der Waals surface area (Å²) < 4.78 is 10.7. The largest absolute Gasteiger partial charge is 0.508 e. The van der Waals surface area contributed by atoms with Crippen LogP contribution < -0.4 is 14.9 Å². The highest BCUT2D eigenvalue weighted by Gasteiger charge is 2.05. The van der Waals surface area contributed by atoms with Crippen molar-refractivity contribution >= 4 is 12.1 Å². The first-order chi connectivity index (χ1) is 11.1. The summed E-state index contributed by atoms with van der Waals surface area (Å²) in [5.41, 5.74) is 3.60. The minimum absolute atomic E-state index is 0.103. The van der Waals surface area contributed by atoms with Gasteiger partial charge in [0.25, 0.3) is 5.91 Å². The molecule has 0 saturated heterocycles. The zero-order chi connectivity index (χ0) is 16.7. The van der Waals surface area contributed by atoms with E-state index in [9.17, 15) is 9.90 Å². The van der Waals surface area contributed by atoms with Crippen LogP contribution in [0.25, 0.3) is 0 Å². The van der Waals surface area contributed by atoms with Gasteiger partial charge in [-0.25, -0.2) is 5.43 Å². The van der Waals surface area contributed by atoms with Crippen LogP contribution in [0.1, 0.15) is 22.8 Å². The molecule has 23 heavy (non-hydrogen) atoms. The van der Waals surface area contributed by atoms with Gasteiger partial charge in [-0.3, -0.25) is 4.79 Å². The van der Waals surface area contributed by atoms with Crippen LogP contribution in [0.2, 0.25) is 0 Å². The third-order valence-corrected chi connectivity index (χ3v) is 3.00. The third kappa shape index (κ3) is 4.47. The lowest BCUT2D eigenvalue weighted by molar-refractivity contribution is 0.0955. The Bertz CT molecular complexity index is 696. The molecule has 6 heteroatoms.